The molecule has 0 fully saturated rings. The molecule has 116 valence electrons. The monoisotopic (exact) mass is 298 g/mol. The summed E-state index contributed by atoms with van der Waals surface area (Å²) in [7, 11) is 1.65. The van der Waals surface area contributed by atoms with Crippen LogP contribution < -0.4 is 15.8 Å². The van der Waals surface area contributed by atoms with Crippen LogP contribution in [0.4, 0.5) is 0 Å². The smallest absolute Gasteiger partial charge is 0.221 e. The van der Waals surface area contributed by atoms with Crippen molar-refractivity contribution < 1.29 is 9.53 Å². The Hall–Kier alpha value is -2.33. The summed E-state index contributed by atoms with van der Waals surface area (Å²) in [4.78, 5) is 11.9. The summed E-state index contributed by atoms with van der Waals surface area (Å²) in [5.41, 5.74) is 8.10. The minimum absolute atomic E-state index is 0.0359. The van der Waals surface area contributed by atoms with Crippen molar-refractivity contribution in [1.29, 1.82) is 0 Å². The van der Waals surface area contributed by atoms with Gasteiger partial charge < -0.3 is 15.8 Å². The summed E-state index contributed by atoms with van der Waals surface area (Å²) in [6, 6.07) is 17.2. The van der Waals surface area contributed by atoms with Crippen molar-refractivity contribution in [2.24, 2.45) is 5.73 Å². The number of hydrogen-bond donors (Lipinski definition) is 2. The Balaban J connectivity index is 1.78. The van der Waals surface area contributed by atoms with Gasteiger partial charge in [-0.1, -0.05) is 48.5 Å². The van der Waals surface area contributed by atoms with Gasteiger partial charge in [0.15, 0.2) is 0 Å². The molecule has 2 aromatic carbocycles. The molecule has 4 nitrogen and oxygen atoms in total. The van der Waals surface area contributed by atoms with Crippen LogP contribution in [0.1, 0.15) is 23.6 Å². The van der Waals surface area contributed by atoms with E-state index in [1.807, 2.05) is 54.6 Å². The van der Waals surface area contributed by atoms with Crippen molar-refractivity contribution >= 4 is 5.91 Å². The van der Waals surface area contributed by atoms with Gasteiger partial charge in [0.05, 0.1) is 7.11 Å². The highest BCUT2D eigenvalue weighted by Crippen LogP contribution is 2.17. The lowest BCUT2D eigenvalue weighted by molar-refractivity contribution is -0.121. The highest BCUT2D eigenvalue weighted by Gasteiger charge is 2.11. The third kappa shape index (κ3) is 4.60. The first-order valence-corrected chi connectivity index (χ1v) is 7.40. The van der Waals surface area contributed by atoms with Gasteiger partial charge in [-0.2, -0.15) is 0 Å². The lowest BCUT2D eigenvalue weighted by atomic mass is 10.0. The Morgan fingerprint density at radius 1 is 1.14 bits per heavy atom. The summed E-state index contributed by atoms with van der Waals surface area (Å²) in [6.07, 6.45) is 1.02. The number of nitrogens with two attached hydrogens (primary N) is 1. The Labute approximate surface area is 131 Å². The van der Waals surface area contributed by atoms with Crippen LogP contribution in [0.5, 0.6) is 5.75 Å². The zero-order valence-corrected chi connectivity index (χ0v) is 12.8. The van der Waals surface area contributed by atoms with Crippen molar-refractivity contribution in [3.8, 4) is 5.75 Å². The van der Waals surface area contributed by atoms with Gasteiger partial charge in [0.1, 0.15) is 5.75 Å². The third-order valence-electron chi connectivity index (χ3n) is 3.54. The molecule has 1 atom stereocenters. The molecular weight excluding hydrogens is 276 g/mol. The van der Waals surface area contributed by atoms with Gasteiger partial charge in [-0.3, -0.25) is 4.79 Å². The number of benzene rings is 2. The van der Waals surface area contributed by atoms with E-state index in [0.717, 1.165) is 23.3 Å². The van der Waals surface area contributed by atoms with Crippen LogP contribution in [-0.4, -0.2) is 19.6 Å². The minimum Gasteiger partial charge on any atom is -0.496 e. The van der Waals surface area contributed by atoms with Crippen LogP contribution in [-0.2, 0) is 11.2 Å². The van der Waals surface area contributed by atoms with Crippen LogP contribution >= 0.6 is 0 Å². The number of ether oxygens (including phenoxy) is 1. The Morgan fingerprint density at radius 2 is 1.82 bits per heavy atom. The first-order valence-electron chi connectivity index (χ1n) is 7.40. The fraction of sp³-hybridized carbons (Fsp3) is 0.278. The number of nitrogens with one attached hydrogen (secondary N) is 1. The summed E-state index contributed by atoms with van der Waals surface area (Å²) in [5, 5.41) is 2.91. The van der Waals surface area contributed by atoms with Gasteiger partial charge in [0.2, 0.25) is 5.91 Å². The average Bonchev–Trinajstić information content (AvgIpc) is 2.56. The predicted octanol–water partition coefficient (Wildman–Crippen LogP) is 2.44. The third-order valence-corrected chi connectivity index (χ3v) is 3.54. The molecule has 1 unspecified atom stereocenters. The second-order valence-electron chi connectivity index (χ2n) is 5.13. The molecule has 22 heavy (non-hydrogen) atoms. The normalized spacial score (nSPS) is 11.7. The van der Waals surface area contributed by atoms with E-state index in [2.05, 4.69) is 5.32 Å². The van der Waals surface area contributed by atoms with Crippen LogP contribution in [0.25, 0.3) is 0 Å². The van der Waals surface area contributed by atoms with Crippen LogP contribution in [0.2, 0.25) is 0 Å². The molecule has 2 aromatic rings. The highest BCUT2D eigenvalue weighted by molar-refractivity contribution is 5.76. The molecule has 0 heterocycles. The Bertz CT molecular complexity index is 599. The number of rotatable bonds is 7. The van der Waals surface area contributed by atoms with E-state index in [4.69, 9.17) is 10.5 Å². The minimum atomic E-state index is -0.271. The fourth-order valence-corrected chi connectivity index (χ4v) is 2.34. The molecule has 0 saturated heterocycles. The van der Waals surface area contributed by atoms with Gasteiger partial charge in [-0.25, -0.2) is 0 Å². The number of carbonyl (C=O) groups excluding carboxylic acids is 1. The maximum atomic E-state index is 11.9. The number of para-hydroxylation sites is 1. The molecular formula is C18H22N2O2. The topological polar surface area (TPSA) is 64.3 Å². The van der Waals surface area contributed by atoms with Gasteiger partial charge in [-0.05, 0) is 23.6 Å². The fourth-order valence-electron chi connectivity index (χ4n) is 2.34. The number of carbonyl (C=O) groups is 1. The first-order chi connectivity index (χ1) is 10.7. The highest BCUT2D eigenvalue weighted by atomic mass is 16.5. The average molecular weight is 298 g/mol. The second kappa shape index (κ2) is 8.20. The zero-order valence-electron chi connectivity index (χ0n) is 12.8. The van der Waals surface area contributed by atoms with E-state index in [1.165, 1.54) is 0 Å². The molecule has 0 aromatic heterocycles. The zero-order chi connectivity index (χ0) is 15.8. The standard InChI is InChI=1S/C18H22N2O2/c1-22-17-10-6-5-9-15(17)11-12-20-18(21)13-16(19)14-7-3-2-4-8-14/h2-10,16H,11-13,19H2,1H3,(H,20,21). The lowest BCUT2D eigenvalue weighted by Crippen LogP contribution is -2.29. The number of hydrogen-bond acceptors (Lipinski definition) is 3. The molecule has 0 aliphatic rings. The molecule has 0 saturated carbocycles. The van der Waals surface area contributed by atoms with E-state index < -0.39 is 0 Å². The molecule has 2 rings (SSSR count). The Morgan fingerprint density at radius 3 is 2.55 bits per heavy atom. The van der Waals surface area contributed by atoms with Gasteiger partial charge in [0.25, 0.3) is 0 Å². The van der Waals surface area contributed by atoms with Gasteiger partial charge >= 0.3 is 0 Å². The summed E-state index contributed by atoms with van der Waals surface area (Å²) < 4.78 is 5.29. The molecule has 0 bridgehead atoms. The van der Waals surface area contributed by atoms with E-state index in [9.17, 15) is 4.79 Å². The van der Waals surface area contributed by atoms with Gasteiger partial charge in [0, 0.05) is 19.0 Å². The van der Waals surface area contributed by atoms with E-state index in [-0.39, 0.29) is 18.4 Å². The lowest BCUT2D eigenvalue weighted by Gasteiger charge is -2.13. The maximum absolute atomic E-state index is 11.9. The molecule has 3 N–H and O–H groups in total. The number of amides is 1. The Kier molecular flexibility index (Phi) is 5.98. The molecule has 4 heteroatoms. The second-order valence-corrected chi connectivity index (χ2v) is 5.13. The van der Waals surface area contributed by atoms with Crippen molar-refractivity contribution in [2.45, 2.75) is 18.9 Å². The van der Waals surface area contributed by atoms with Crippen molar-refractivity contribution in [2.75, 3.05) is 13.7 Å². The van der Waals surface area contributed by atoms with Gasteiger partial charge in [-0.15, -0.1) is 0 Å². The van der Waals surface area contributed by atoms with Crippen LogP contribution in [0.15, 0.2) is 54.6 Å². The maximum Gasteiger partial charge on any atom is 0.221 e. The molecule has 0 aliphatic heterocycles. The van der Waals surface area contributed by atoms with Crippen LogP contribution in [0.3, 0.4) is 0 Å². The quantitative estimate of drug-likeness (QED) is 0.825. The van der Waals surface area contributed by atoms with E-state index in [1.54, 1.807) is 7.11 Å². The van der Waals surface area contributed by atoms with Crippen molar-refractivity contribution in [3.63, 3.8) is 0 Å². The SMILES string of the molecule is COc1ccccc1CCNC(=O)CC(N)c1ccccc1. The van der Waals surface area contributed by atoms with E-state index in [0.29, 0.717) is 6.54 Å². The summed E-state index contributed by atoms with van der Waals surface area (Å²) >= 11 is 0. The first kappa shape index (κ1) is 16.0. The molecule has 1 amide bonds. The van der Waals surface area contributed by atoms with E-state index >= 15 is 0 Å². The molecule has 0 spiro atoms. The predicted molar refractivity (Wildman–Crippen MR) is 87.7 cm³/mol. The van der Waals surface area contributed by atoms with Crippen molar-refractivity contribution in [1.82, 2.24) is 5.32 Å². The molecule has 0 radical (unpaired) electrons. The largest absolute Gasteiger partial charge is 0.496 e. The summed E-state index contributed by atoms with van der Waals surface area (Å²) in [5.74, 6) is 0.809. The number of methoxy groups -OCH3 is 1. The van der Waals surface area contributed by atoms with Crippen molar-refractivity contribution in [3.05, 3.63) is 65.7 Å². The van der Waals surface area contributed by atoms with Crippen LogP contribution in [0, 0.1) is 0 Å². The molecule has 0 aliphatic carbocycles. The summed E-state index contributed by atoms with van der Waals surface area (Å²) in [6.45, 7) is 0.570.